The molecule has 5 nitrogen and oxygen atoms in total. The summed E-state index contributed by atoms with van der Waals surface area (Å²) in [6, 6.07) is 15.7. The van der Waals surface area contributed by atoms with Gasteiger partial charge in [0.05, 0.1) is 12.3 Å². The van der Waals surface area contributed by atoms with Crippen LogP contribution in [0.25, 0.3) is 0 Å². The van der Waals surface area contributed by atoms with Crippen LogP contribution in [0.1, 0.15) is 84.0 Å². The van der Waals surface area contributed by atoms with Crippen molar-refractivity contribution >= 4 is 34.1 Å². The van der Waals surface area contributed by atoms with Crippen LogP contribution in [0, 0.1) is 0 Å². The second-order valence-electron chi connectivity index (χ2n) is 8.80. The number of aliphatic hydroxyl groups excluding tert-OH is 1. The molecule has 0 spiro atoms. The number of benzene rings is 2. The van der Waals surface area contributed by atoms with Crippen LogP contribution in [0.5, 0.6) is 11.5 Å². The van der Waals surface area contributed by atoms with Gasteiger partial charge >= 0.3 is 0 Å². The van der Waals surface area contributed by atoms with Crippen molar-refractivity contribution in [3.63, 3.8) is 0 Å². The first-order valence-corrected chi connectivity index (χ1v) is 15.5. The van der Waals surface area contributed by atoms with E-state index >= 15 is 0 Å². The van der Waals surface area contributed by atoms with Crippen molar-refractivity contribution in [2.75, 3.05) is 7.05 Å². The highest BCUT2D eigenvalue weighted by atomic mass is 32.4. The Balaban J connectivity index is 2.04. The van der Waals surface area contributed by atoms with Crippen LogP contribution in [-0.2, 0) is 11.8 Å². The van der Waals surface area contributed by atoms with Crippen LogP contribution >= 0.6 is 16.1 Å². The maximum Gasteiger partial charge on any atom is 0.272 e. The molecule has 0 heterocycles. The van der Waals surface area contributed by atoms with Gasteiger partial charge in [0, 0.05) is 28.6 Å². The van der Waals surface area contributed by atoms with Crippen molar-refractivity contribution in [2.45, 2.75) is 83.5 Å². The zero-order chi connectivity index (χ0) is 25.9. The number of hydrogen-bond acceptors (Lipinski definition) is 6. The summed E-state index contributed by atoms with van der Waals surface area (Å²) in [4.78, 5) is 0. The highest BCUT2D eigenvalue weighted by Gasteiger charge is 2.35. The topological polar surface area (TPSA) is 54.3 Å². The van der Waals surface area contributed by atoms with E-state index in [1.165, 1.54) is 0 Å². The molecule has 0 bridgehead atoms. The summed E-state index contributed by atoms with van der Waals surface area (Å²) >= 11 is 5.42. The molecule has 0 radical (unpaired) electrons. The van der Waals surface area contributed by atoms with E-state index in [2.05, 4.69) is 32.8 Å². The summed E-state index contributed by atoms with van der Waals surface area (Å²) < 4.78 is 14.7. The van der Waals surface area contributed by atoms with E-state index in [-0.39, 0.29) is 10.7 Å². The van der Waals surface area contributed by atoms with Crippen molar-refractivity contribution in [1.29, 1.82) is 0 Å². The summed E-state index contributed by atoms with van der Waals surface area (Å²) in [5.74, 6) is 1.67. The Morgan fingerprint density at radius 1 is 1.00 bits per heavy atom. The molecule has 0 saturated carbocycles. The summed E-state index contributed by atoms with van der Waals surface area (Å²) in [6.07, 6.45) is 6.08. The highest BCUT2D eigenvalue weighted by molar-refractivity contribution is 7.97. The average molecular weight is 536 g/mol. The quantitative estimate of drug-likeness (QED) is 0.144. The first-order chi connectivity index (χ1) is 16.7. The standard InChI is InChI=1S/C27H40N2O3P2S/c1-7-19-27(10-4,34-35)32-24-15-11-22(12-16-24)20-28-29(6)33-26(8-2,9-3)31-25-17-13-23(14-18-25)21(5)30/h11-18,20-21,30,33H,7-10,19H2,1-6H3/p+1. The Morgan fingerprint density at radius 2 is 1.57 bits per heavy atom. The predicted molar refractivity (Wildman–Crippen MR) is 155 cm³/mol. The van der Waals surface area contributed by atoms with Gasteiger partial charge in [-0.25, -0.2) is 0 Å². The van der Waals surface area contributed by atoms with Crippen LogP contribution in [0.15, 0.2) is 53.6 Å². The van der Waals surface area contributed by atoms with Gasteiger partial charge < -0.3 is 14.6 Å². The lowest BCUT2D eigenvalue weighted by molar-refractivity contribution is 0.147. The predicted octanol–water partition coefficient (Wildman–Crippen LogP) is 7.62. The molecular formula is C27H41N2O3P2S+. The Kier molecular flexibility index (Phi) is 12.1. The Bertz CT molecular complexity index is 934. The van der Waals surface area contributed by atoms with Crippen molar-refractivity contribution in [2.24, 2.45) is 5.10 Å². The summed E-state index contributed by atoms with van der Waals surface area (Å²) in [5.41, 5.74) is 1.90. The fourth-order valence-electron chi connectivity index (χ4n) is 3.79. The lowest BCUT2D eigenvalue weighted by Crippen LogP contribution is -2.32. The van der Waals surface area contributed by atoms with Gasteiger partial charge in [0.1, 0.15) is 16.8 Å². The number of hydrogen-bond donors (Lipinski definition) is 1. The third-order valence-electron chi connectivity index (χ3n) is 6.17. The number of rotatable bonds is 15. The van der Waals surface area contributed by atoms with Gasteiger partial charge in [-0.1, -0.05) is 39.8 Å². The molecule has 192 valence electrons. The van der Waals surface area contributed by atoms with Crippen LogP contribution < -0.4 is 9.47 Å². The molecule has 0 aliphatic rings. The first kappa shape index (κ1) is 29.6. The monoisotopic (exact) mass is 535 g/mol. The molecular weight excluding hydrogens is 494 g/mol. The zero-order valence-corrected chi connectivity index (χ0v) is 24.7. The van der Waals surface area contributed by atoms with Crippen LogP contribution in [-0.4, -0.2) is 33.8 Å². The second kappa shape index (κ2) is 14.2. The van der Waals surface area contributed by atoms with Gasteiger partial charge in [-0.05, 0) is 73.7 Å². The largest absolute Gasteiger partial charge is 0.481 e. The highest BCUT2D eigenvalue weighted by Crippen LogP contribution is 2.42. The van der Waals surface area contributed by atoms with Crippen molar-refractivity contribution in [3.8, 4) is 11.5 Å². The van der Waals surface area contributed by atoms with Crippen molar-refractivity contribution < 1.29 is 14.6 Å². The fourth-order valence-corrected chi connectivity index (χ4v) is 6.49. The Morgan fingerprint density at radius 3 is 2.06 bits per heavy atom. The lowest BCUT2D eigenvalue weighted by atomic mass is 10.1. The maximum absolute atomic E-state index is 9.75. The van der Waals surface area contributed by atoms with Gasteiger partial charge in [-0.2, -0.15) is 5.10 Å². The molecule has 4 atom stereocenters. The number of hydrazone groups is 1. The minimum atomic E-state index is -0.485. The molecule has 0 amide bonds. The molecule has 0 aliphatic carbocycles. The molecule has 35 heavy (non-hydrogen) atoms. The fraction of sp³-hybridized carbons (Fsp3) is 0.519. The number of ether oxygens (including phenoxy) is 2. The lowest BCUT2D eigenvalue weighted by Gasteiger charge is -2.35. The molecule has 2 rings (SSSR count). The van der Waals surface area contributed by atoms with Gasteiger partial charge in [0.2, 0.25) is 7.36 Å². The van der Waals surface area contributed by atoms with E-state index in [9.17, 15) is 5.11 Å². The zero-order valence-electron chi connectivity index (χ0n) is 21.9. The molecule has 1 N–H and O–H groups in total. The molecule has 4 unspecified atom stereocenters. The molecule has 0 aliphatic heterocycles. The summed E-state index contributed by atoms with van der Waals surface area (Å²) in [5, 5.41) is 13.9. The second-order valence-corrected chi connectivity index (χ2v) is 12.3. The van der Waals surface area contributed by atoms with E-state index in [0.717, 1.165) is 54.7 Å². The van der Waals surface area contributed by atoms with E-state index in [0.29, 0.717) is 16.1 Å². The van der Waals surface area contributed by atoms with Crippen LogP contribution in [0.2, 0.25) is 0 Å². The minimum absolute atomic E-state index is 0.235. The normalized spacial score (nSPS) is 14.9. The van der Waals surface area contributed by atoms with E-state index in [4.69, 9.17) is 21.3 Å². The van der Waals surface area contributed by atoms with E-state index < -0.39 is 6.10 Å². The third-order valence-corrected chi connectivity index (χ3v) is 10.0. The van der Waals surface area contributed by atoms with Gasteiger partial charge in [-0.3, -0.25) is 4.78 Å². The Hall–Kier alpha value is -1.58. The summed E-state index contributed by atoms with van der Waals surface area (Å²) in [6.45, 7) is 10.4. The first-order valence-electron chi connectivity index (χ1n) is 12.4. The van der Waals surface area contributed by atoms with Crippen LogP contribution in [0.4, 0.5) is 0 Å². The number of aliphatic hydroxyl groups is 1. The average Bonchev–Trinajstić information content (AvgIpc) is 2.87. The third kappa shape index (κ3) is 8.79. The Labute approximate surface area is 220 Å². The van der Waals surface area contributed by atoms with E-state index in [1.807, 2.05) is 66.6 Å². The van der Waals surface area contributed by atoms with Gasteiger partial charge in [0.25, 0.3) is 5.34 Å². The van der Waals surface area contributed by atoms with Crippen LogP contribution in [0.3, 0.4) is 0 Å². The van der Waals surface area contributed by atoms with Gasteiger partial charge in [0.15, 0.2) is 11.8 Å². The molecule has 2 aromatic rings. The molecule has 0 fully saturated rings. The molecule has 0 aromatic heterocycles. The van der Waals surface area contributed by atoms with Gasteiger partial charge in [-0.15, -0.1) is 0 Å². The smallest absolute Gasteiger partial charge is 0.272 e. The van der Waals surface area contributed by atoms with Crippen molar-refractivity contribution in [1.82, 2.24) is 4.78 Å². The van der Waals surface area contributed by atoms with E-state index in [1.54, 1.807) is 6.92 Å². The van der Waals surface area contributed by atoms with Crippen molar-refractivity contribution in [3.05, 3.63) is 59.7 Å². The maximum atomic E-state index is 9.75. The molecule has 8 heteroatoms. The molecule has 2 aromatic carbocycles. The minimum Gasteiger partial charge on any atom is -0.481 e. The summed E-state index contributed by atoms with van der Waals surface area (Å²) in [7, 11) is 2.67. The molecule has 0 saturated heterocycles. The number of nitrogens with zero attached hydrogens (tertiary/aromatic N) is 2. The SMILES string of the molecule is CCCC(CC)(Oc1ccc(C=NN(C)PC(CC)(CC)Oc2ccc(C(C)O)cc2)cc1)[PH+]=S.